The quantitative estimate of drug-likeness (QED) is 0.476. The Bertz CT molecular complexity index is 1490. The van der Waals surface area contributed by atoms with Crippen LogP contribution >= 0.6 is 0 Å². The minimum Gasteiger partial charge on any atom is -0.493 e. The van der Waals surface area contributed by atoms with Gasteiger partial charge in [-0.1, -0.05) is 12.1 Å². The first-order chi connectivity index (χ1) is 16.9. The molecular weight excluding hydrogens is 449 g/mol. The number of rotatable bonds is 5. The van der Waals surface area contributed by atoms with Crippen LogP contribution in [0, 0.1) is 17.2 Å². The number of hydrogen-bond donors (Lipinski definition) is 1. The van der Waals surface area contributed by atoms with E-state index in [1.807, 2.05) is 7.05 Å². The lowest BCUT2D eigenvalue weighted by Crippen LogP contribution is -2.31. The van der Waals surface area contributed by atoms with Crippen LogP contribution in [-0.2, 0) is 11.8 Å². The van der Waals surface area contributed by atoms with Crippen LogP contribution < -0.4 is 10.1 Å². The summed E-state index contributed by atoms with van der Waals surface area (Å²) in [4.78, 5) is 29.0. The third kappa shape index (κ3) is 3.44. The molecule has 1 N–H and O–H groups in total. The largest absolute Gasteiger partial charge is 0.493 e. The average Bonchev–Trinajstić information content (AvgIpc) is 3.21. The lowest BCUT2D eigenvalue weighted by Gasteiger charge is -2.17. The summed E-state index contributed by atoms with van der Waals surface area (Å²) in [6.45, 7) is 1.66. The van der Waals surface area contributed by atoms with Gasteiger partial charge < -0.3 is 15.0 Å². The number of carbonyl (C=O) groups excluding carboxylic acids is 1. The van der Waals surface area contributed by atoms with Crippen LogP contribution in [0.5, 0.6) is 5.75 Å². The number of methoxy groups -OCH3 is 1. The van der Waals surface area contributed by atoms with Crippen molar-refractivity contribution in [1.29, 1.82) is 0 Å². The Labute approximate surface area is 201 Å². The molecule has 1 aliphatic carbocycles. The Balaban J connectivity index is 1.46. The second-order valence-corrected chi connectivity index (χ2v) is 9.38. The Morgan fingerprint density at radius 3 is 2.77 bits per heavy atom. The minimum atomic E-state index is -0.381. The maximum atomic E-state index is 14.7. The van der Waals surface area contributed by atoms with Gasteiger partial charge in [0.15, 0.2) is 11.6 Å². The fourth-order valence-corrected chi connectivity index (χ4v) is 5.24. The number of carbonyl (C=O) groups is 1. The molecule has 2 aliphatic rings. The van der Waals surface area contributed by atoms with Crippen molar-refractivity contribution in [2.45, 2.75) is 6.42 Å². The molecule has 4 heterocycles. The SMILES string of the molecule is COc1cc2ncnc(-c3cn(C)nc3-c3ccccc3F)c2nc1NC(=O)C12C[C@@H]1CN(C)C2. The highest BCUT2D eigenvalue weighted by Crippen LogP contribution is 2.58. The van der Waals surface area contributed by atoms with Gasteiger partial charge in [-0.3, -0.25) is 9.48 Å². The molecule has 35 heavy (non-hydrogen) atoms. The van der Waals surface area contributed by atoms with Crippen molar-refractivity contribution in [3.63, 3.8) is 0 Å². The van der Waals surface area contributed by atoms with Crippen LogP contribution in [0.1, 0.15) is 6.42 Å². The predicted molar refractivity (Wildman–Crippen MR) is 128 cm³/mol. The molecule has 2 atom stereocenters. The lowest BCUT2D eigenvalue weighted by molar-refractivity contribution is -0.121. The third-order valence-electron chi connectivity index (χ3n) is 7.01. The normalized spacial score (nSPS) is 21.2. The van der Waals surface area contributed by atoms with E-state index in [0.717, 1.165) is 19.5 Å². The summed E-state index contributed by atoms with van der Waals surface area (Å²) in [5, 5.41) is 7.49. The van der Waals surface area contributed by atoms with E-state index < -0.39 is 0 Å². The third-order valence-corrected chi connectivity index (χ3v) is 7.01. The maximum absolute atomic E-state index is 14.7. The fraction of sp³-hybridized carbons (Fsp3) is 0.320. The first-order valence-corrected chi connectivity index (χ1v) is 11.4. The monoisotopic (exact) mass is 473 g/mol. The van der Waals surface area contributed by atoms with Gasteiger partial charge in [0.05, 0.1) is 18.0 Å². The summed E-state index contributed by atoms with van der Waals surface area (Å²) in [7, 11) is 5.32. The summed E-state index contributed by atoms with van der Waals surface area (Å²) in [6, 6.07) is 8.20. The maximum Gasteiger partial charge on any atom is 0.233 e. The van der Waals surface area contributed by atoms with E-state index in [-0.39, 0.29) is 17.1 Å². The number of anilines is 1. The number of likely N-dealkylation sites (tertiary alicyclic amines) is 1. The van der Waals surface area contributed by atoms with Gasteiger partial charge in [0.1, 0.15) is 29.0 Å². The van der Waals surface area contributed by atoms with Gasteiger partial charge in [-0.15, -0.1) is 0 Å². The molecule has 2 fully saturated rings. The number of hydrogen-bond acceptors (Lipinski definition) is 7. The summed E-state index contributed by atoms with van der Waals surface area (Å²) < 4.78 is 21.8. The molecule has 1 saturated carbocycles. The number of halogens is 1. The minimum absolute atomic E-state index is 0.0520. The molecule has 0 spiro atoms. The van der Waals surface area contributed by atoms with Gasteiger partial charge in [-0.05, 0) is 31.5 Å². The molecule has 0 bridgehead atoms. The van der Waals surface area contributed by atoms with Gasteiger partial charge in [0.2, 0.25) is 5.91 Å². The van der Waals surface area contributed by atoms with Gasteiger partial charge in [0, 0.05) is 43.5 Å². The number of fused-ring (bicyclic) bond motifs is 2. The van der Waals surface area contributed by atoms with Gasteiger partial charge in [-0.2, -0.15) is 5.10 Å². The molecular formula is C25H24FN7O2. The van der Waals surface area contributed by atoms with E-state index in [2.05, 4.69) is 25.3 Å². The van der Waals surface area contributed by atoms with Gasteiger partial charge >= 0.3 is 0 Å². The van der Waals surface area contributed by atoms with Crippen LogP contribution in [0.15, 0.2) is 42.9 Å². The van der Waals surface area contributed by atoms with E-state index in [9.17, 15) is 9.18 Å². The Hall–Kier alpha value is -3.92. The zero-order chi connectivity index (χ0) is 24.3. The summed E-state index contributed by atoms with van der Waals surface area (Å²) in [5.74, 6) is 0.663. The molecule has 1 aromatic carbocycles. The van der Waals surface area contributed by atoms with Gasteiger partial charge in [-0.25, -0.2) is 19.3 Å². The molecule has 1 saturated heterocycles. The van der Waals surface area contributed by atoms with E-state index in [1.165, 1.54) is 19.5 Å². The molecule has 10 heteroatoms. The van der Waals surface area contributed by atoms with Gasteiger partial charge in [0.25, 0.3) is 0 Å². The van der Waals surface area contributed by atoms with E-state index in [0.29, 0.717) is 51.0 Å². The van der Waals surface area contributed by atoms with Crippen molar-refractivity contribution in [3.8, 4) is 28.3 Å². The molecule has 1 amide bonds. The second kappa shape index (κ2) is 7.81. The zero-order valence-corrected chi connectivity index (χ0v) is 19.6. The van der Waals surface area contributed by atoms with Crippen molar-refractivity contribution < 1.29 is 13.9 Å². The number of nitrogens with zero attached hydrogens (tertiary/aromatic N) is 6. The highest BCUT2D eigenvalue weighted by molar-refractivity contribution is 6.01. The van der Waals surface area contributed by atoms with Crippen LogP contribution in [0.3, 0.4) is 0 Å². The Kier molecular flexibility index (Phi) is 4.82. The van der Waals surface area contributed by atoms with Crippen molar-refractivity contribution in [1.82, 2.24) is 29.6 Å². The average molecular weight is 474 g/mol. The molecule has 0 radical (unpaired) electrons. The fourth-order valence-electron chi connectivity index (χ4n) is 5.24. The smallest absolute Gasteiger partial charge is 0.233 e. The number of benzene rings is 1. The number of amides is 1. The molecule has 1 aliphatic heterocycles. The summed E-state index contributed by atoms with van der Waals surface area (Å²) in [5.41, 5.74) is 2.54. The lowest BCUT2D eigenvalue weighted by atomic mass is 10.0. The molecule has 3 aromatic heterocycles. The first-order valence-electron chi connectivity index (χ1n) is 11.4. The van der Waals surface area contributed by atoms with E-state index >= 15 is 0 Å². The zero-order valence-electron chi connectivity index (χ0n) is 19.6. The number of ether oxygens (including phenoxy) is 1. The highest BCUT2D eigenvalue weighted by atomic mass is 19.1. The van der Waals surface area contributed by atoms with Crippen LogP contribution in [0.2, 0.25) is 0 Å². The number of piperidine rings is 1. The van der Waals surface area contributed by atoms with Crippen LogP contribution in [0.4, 0.5) is 10.2 Å². The van der Waals surface area contributed by atoms with Crippen molar-refractivity contribution in [3.05, 3.63) is 48.7 Å². The number of pyridine rings is 1. The van der Waals surface area contributed by atoms with Crippen LogP contribution in [0.25, 0.3) is 33.5 Å². The Morgan fingerprint density at radius 1 is 1.20 bits per heavy atom. The predicted octanol–water partition coefficient (Wildman–Crippen LogP) is 3.13. The standard InChI is InChI=1S/C25H24FN7O2/c1-32-10-14-9-25(14,12-32)24(34)30-23-19(35-3)8-18-22(29-23)21(28-13-27-18)16-11-33(2)31-20(16)15-6-4-5-7-17(15)26/h4-8,11,13-14H,9-10,12H2,1-3H3,(H,29,30,34)/t14-,25?/m1/s1. The molecule has 178 valence electrons. The first kappa shape index (κ1) is 21.6. The molecule has 9 nitrogen and oxygen atoms in total. The van der Waals surface area contributed by atoms with Crippen molar-refractivity contribution in [2.75, 3.05) is 32.6 Å². The van der Waals surface area contributed by atoms with Crippen molar-refractivity contribution in [2.24, 2.45) is 18.4 Å². The number of aromatic nitrogens is 5. The number of aryl methyl sites for hydroxylation is 1. The summed E-state index contributed by atoms with van der Waals surface area (Å²) in [6.07, 6.45) is 4.09. The highest BCUT2D eigenvalue weighted by Gasteiger charge is 2.64. The Morgan fingerprint density at radius 2 is 2.03 bits per heavy atom. The molecule has 4 aromatic rings. The van der Waals surface area contributed by atoms with E-state index in [1.54, 1.807) is 42.2 Å². The number of nitrogens with one attached hydrogen (secondary N) is 1. The second-order valence-electron chi connectivity index (χ2n) is 9.38. The summed E-state index contributed by atoms with van der Waals surface area (Å²) >= 11 is 0. The van der Waals surface area contributed by atoms with E-state index in [4.69, 9.17) is 9.72 Å². The molecule has 6 rings (SSSR count). The molecule has 1 unspecified atom stereocenters. The van der Waals surface area contributed by atoms with Crippen molar-refractivity contribution >= 4 is 22.8 Å². The topological polar surface area (TPSA) is 98.1 Å². The van der Waals surface area contributed by atoms with Crippen LogP contribution in [-0.4, -0.2) is 62.8 Å².